The van der Waals surface area contributed by atoms with Crippen molar-refractivity contribution in [1.29, 1.82) is 0 Å². The molecule has 0 amide bonds. The highest BCUT2D eigenvalue weighted by Gasteiger charge is 2.23. The van der Waals surface area contributed by atoms with E-state index in [1.54, 1.807) is 0 Å². The van der Waals surface area contributed by atoms with E-state index in [0.717, 1.165) is 15.6 Å². The molecule has 0 radical (unpaired) electrons. The third-order valence-corrected chi connectivity index (χ3v) is 6.04. The first kappa shape index (κ1) is 10.1. The summed E-state index contributed by atoms with van der Waals surface area (Å²) >= 11 is 8.53. The fraction of sp³-hybridized carbons (Fsp3) is 1.00. The zero-order valence-electron chi connectivity index (χ0n) is 6.95. The van der Waals surface area contributed by atoms with Crippen LogP contribution in [0.2, 0.25) is 0 Å². The van der Waals surface area contributed by atoms with E-state index in [-0.39, 0.29) is 0 Å². The maximum absolute atomic E-state index is 4.31. The summed E-state index contributed by atoms with van der Waals surface area (Å²) in [5, 5.41) is 0.928. The largest absolute Gasteiger partial charge is 0.177 e. The van der Waals surface area contributed by atoms with E-state index in [2.05, 4.69) is 43.1 Å². The number of hydrogen-bond donors (Lipinski definition) is 1. The fourth-order valence-electron chi connectivity index (χ4n) is 1.19. The zero-order valence-corrected chi connectivity index (χ0v) is 9.48. The third kappa shape index (κ3) is 3.51. The Labute approximate surface area is 83.7 Å². The van der Waals surface area contributed by atoms with Crippen LogP contribution in [0.3, 0.4) is 0 Å². The molecule has 1 rings (SSSR count). The zero-order chi connectivity index (χ0) is 8.10. The summed E-state index contributed by atoms with van der Waals surface area (Å²) in [7, 11) is 0. The first-order valence-corrected chi connectivity index (χ1v) is 6.87. The quantitative estimate of drug-likeness (QED) is 0.704. The maximum Gasteiger partial charge on any atom is 0.0593 e. The van der Waals surface area contributed by atoms with Crippen LogP contribution >= 0.6 is 36.2 Å². The van der Waals surface area contributed by atoms with Crippen LogP contribution in [0.4, 0.5) is 0 Å². The number of rotatable bonds is 4. The van der Waals surface area contributed by atoms with Crippen LogP contribution in [-0.2, 0) is 0 Å². The van der Waals surface area contributed by atoms with Crippen LogP contribution < -0.4 is 0 Å². The molecule has 1 aliphatic heterocycles. The van der Waals surface area contributed by atoms with Crippen LogP contribution in [-0.4, -0.2) is 21.3 Å². The van der Waals surface area contributed by atoms with Gasteiger partial charge in [-0.25, -0.2) is 0 Å². The molecule has 0 aromatic heterocycles. The highest BCUT2D eigenvalue weighted by molar-refractivity contribution is 8.21. The van der Waals surface area contributed by atoms with Crippen LogP contribution in [0.15, 0.2) is 0 Å². The molecule has 0 aliphatic carbocycles. The molecule has 2 atom stereocenters. The first-order valence-electron chi connectivity index (χ1n) is 4.24. The smallest absolute Gasteiger partial charge is 0.0593 e. The molecule has 0 aromatic rings. The summed E-state index contributed by atoms with van der Waals surface area (Å²) in [5.41, 5.74) is 0. The van der Waals surface area contributed by atoms with Gasteiger partial charge in [-0.2, -0.15) is 12.6 Å². The molecule has 66 valence electrons. The number of unbranched alkanes of at least 4 members (excludes halogenated alkanes) is 1. The van der Waals surface area contributed by atoms with E-state index in [9.17, 15) is 0 Å². The number of hydrogen-bond acceptors (Lipinski definition) is 3. The number of thiol groups is 1. The molecule has 0 bridgehead atoms. The van der Waals surface area contributed by atoms with Crippen molar-refractivity contribution in [2.45, 2.75) is 36.0 Å². The predicted molar refractivity (Wildman–Crippen MR) is 61.0 cm³/mol. The van der Waals surface area contributed by atoms with Crippen molar-refractivity contribution in [2.24, 2.45) is 0 Å². The highest BCUT2D eigenvalue weighted by atomic mass is 32.2. The Morgan fingerprint density at radius 2 is 2.36 bits per heavy atom. The lowest BCUT2D eigenvalue weighted by Crippen LogP contribution is -2.00. The summed E-state index contributed by atoms with van der Waals surface area (Å²) in [6.45, 7) is 2.27. The molecule has 2 unspecified atom stereocenters. The topological polar surface area (TPSA) is 0 Å². The van der Waals surface area contributed by atoms with E-state index in [0.29, 0.717) is 0 Å². The van der Waals surface area contributed by atoms with Gasteiger partial charge in [0.15, 0.2) is 0 Å². The summed E-state index contributed by atoms with van der Waals surface area (Å²) in [4.78, 5) is 0. The molecule has 0 spiro atoms. The van der Waals surface area contributed by atoms with E-state index in [4.69, 9.17) is 0 Å². The van der Waals surface area contributed by atoms with E-state index in [1.807, 2.05) is 0 Å². The molecule has 0 nitrogen and oxygen atoms in total. The lowest BCUT2D eigenvalue weighted by Gasteiger charge is -2.06. The van der Waals surface area contributed by atoms with Gasteiger partial charge < -0.3 is 0 Å². The summed E-state index contributed by atoms with van der Waals surface area (Å²) < 4.78 is 0.778. The second kappa shape index (κ2) is 5.65. The molecule has 3 heteroatoms. The molecular weight excluding hydrogens is 192 g/mol. The molecule has 11 heavy (non-hydrogen) atoms. The van der Waals surface area contributed by atoms with Crippen LogP contribution in [0.5, 0.6) is 0 Å². The Morgan fingerprint density at radius 3 is 2.91 bits per heavy atom. The Hall–Kier alpha value is 1.05. The Morgan fingerprint density at radius 1 is 1.55 bits per heavy atom. The Bertz CT molecular complexity index is 106. The lowest BCUT2D eigenvalue weighted by molar-refractivity contribution is 0.720. The van der Waals surface area contributed by atoms with E-state index >= 15 is 0 Å². The van der Waals surface area contributed by atoms with Crippen molar-refractivity contribution in [1.82, 2.24) is 0 Å². The van der Waals surface area contributed by atoms with Crippen molar-refractivity contribution < 1.29 is 0 Å². The van der Waals surface area contributed by atoms with Crippen LogP contribution in [0.1, 0.15) is 26.2 Å². The Balaban J connectivity index is 2.09. The van der Waals surface area contributed by atoms with Gasteiger partial charge in [-0.15, -0.1) is 23.5 Å². The molecule has 0 aromatic carbocycles. The van der Waals surface area contributed by atoms with Crippen LogP contribution in [0, 0.1) is 0 Å². The molecule has 1 aliphatic rings. The van der Waals surface area contributed by atoms with Gasteiger partial charge >= 0.3 is 0 Å². The minimum atomic E-state index is 0.778. The first-order chi connectivity index (χ1) is 5.36. The van der Waals surface area contributed by atoms with Gasteiger partial charge in [0.2, 0.25) is 0 Å². The molecule has 1 fully saturated rings. The van der Waals surface area contributed by atoms with Crippen LogP contribution in [0.25, 0.3) is 0 Å². The molecule has 0 N–H and O–H groups in total. The Kier molecular flexibility index (Phi) is 5.21. The summed E-state index contributed by atoms with van der Waals surface area (Å²) in [6.07, 6.45) is 4.16. The fourth-order valence-corrected chi connectivity index (χ4v) is 4.85. The summed E-state index contributed by atoms with van der Waals surface area (Å²) in [6, 6.07) is 0. The average Bonchev–Trinajstić information content (AvgIpc) is 2.48. The standard InChI is InChI=1S/C8H16S3/c1-2-3-4-7-6-10-8(5-9)11-7/h7-9H,2-6H2,1H3. The second-order valence-corrected chi connectivity index (χ2v) is 6.25. The van der Waals surface area contributed by atoms with Crippen molar-refractivity contribution in [3.63, 3.8) is 0 Å². The van der Waals surface area contributed by atoms with Gasteiger partial charge in [0.25, 0.3) is 0 Å². The maximum atomic E-state index is 4.31. The normalized spacial score (nSPS) is 31.1. The molecule has 0 saturated carbocycles. The second-order valence-electron chi connectivity index (χ2n) is 2.85. The summed E-state index contributed by atoms with van der Waals surface area (Å²) in [5.74, 6) is 2.40. The lowest BCUT2D eigenvalue weighted by atomic mass is 10.2. The average molecular weight is 208 g/mol. The minimum absolute atomic E-state index is 0.778. The number of thioether (sulfide) groups is 2. The van der Waals surface area contributed by atoms with Crippen molar-refractivity contribution in [3.8, 4) is 0 Å². The van der Waals surface area contributed by atoms with Gasteiger partial charge in [0, 0.05) is 16.8 Å². The third-order valence-electron chi connectivity index (χ3n) is 1.84. The molecular formula is C8H16S3. The van der Waals surface area contributed by atoms with Crippen molar-refractivity contribution >= 4 is 36.2 Å². The van der Waals surface area contributed by atoms with E-state index in [1.165, 1.54) is 25.0 Å². The van der Waals surface area contributed by atoms with Gasteiger partial charge in [-0.1, -0.05) is 19.8 Å². The monoisotopic (exact) mass is 208 g/mol. The SMILES string of the molecule is CCCCC1CSC(CS)S1. The predicted octanol–water partition coefficient (Wildman–Crippen LogP) is 3.28. The van der Waals surface area contributed by atoms with Crippen molar-refractivity contribution in [2.75, 3.05) is 11.5 Å². The van der Waals surface area contributed by atoms with Gasteiger partial charge in [0.05, 0.1) is 4.58 Å². The molecule has 1 saturated heterocycles. The minimum Gasteiger partial charge on any atom is -0.177 e. The molecule has 1 heterocycles. The highest BCUT2D eigenvalue weighted by Crippen LogP contribution is 2.40. The van der Waals surface area contributed by atoms with Gasteiger partial charge in [-0.05, 0) is 6.42 Å². The van der Waals surface area contributed by atoms with Crippen molar-refractivity contribution in [3.05, 3.63) is 0 Å². The van der Waals surface area contributed by atoms with Gasteiger partial charge in [-0.3, -0.25) is 0 Å². The van der Waals surface area contributed by atoms with Gasteiger partial charge in [0.1, 0.15) is 0 Å². The van der Waals surface area contributed by atoms with E-state index < -0.39 is 0 Å².